The zero-order valence-corrected chi connectivity index (χ0v) is 17.1. The molecule has 26 heavy (non-hydrogen) atoms. The number of nitrogens with zero attached hydrogens (tertiary/aromatic N) is 1. The van der Waals surface area contributed by atoms with Gasteiger partial charge in [-0.2, -0.15) is 5.10 Å². The van der Waals surface area contributed by atoms with Gasteiger partial charge < -0.3 is 9.84 Å². The fraction of sp³-hybridized carbons (Fsp3) is 0.263. The van der Waals surface area contributed by atoms with Crippen LogP contribution in [0.4, 0.5) is 0 Å². The third-order valence-electron chi connectivity index (χ3n) is 3.65. The molecular formula is C19H20BrClN2O3. The van der Waals surface area contributed by atoms with Crippen LogP contribution in [-0.4, -0.2) is 23.8 Å². The number of hydrogen-bond donors (Lipinski definition) is 2. The van der Waals surface area contributed by atoms with Crippen molar-refractivity contribution in [1.29, 1.82) is 0 Å². The van der Waals surface area contributed by atoms with Gasteiger partial charge in [-0.05, 0) is 54.3 Å². The largest absolute Gasteiger partial charge is 0.507 e. The van der Waals surface area contributed by atoms with Crippen LogP contribution in [0, 0.1) is 6.92 Å². The van der Waals surface area contributed by atoms with Gasteiger partial charge in [0.05, 0.1) is 6.21 Å². The third-order valence-corrected chi connectivity index (χ3v) is 4.55. The zero-order valence-electron chi connectivity index (χ0n) is 14.7. The van der Waals surface area contributed by atoms with Crippen molar-refractivity contribution in [1.82, 2.24) is 5.43 Å². The molecule has 2 aromatic carbocycles. The van der Waals surface area contributed by atoms with Crippen LogP contribution in [-0.2, 0) is 4.79 Å². The van der Waals surface area contributed by atoms with Gasteiger partial charge in [-0.3, -0.25) is 4.79 Å². The number of halogens is 2. The Kier molecular flexibility index (Phi) is 7.06. The molecule has 0 saturated carbocycles. The SMILES string of the molecule is Cc1cc(OCC(=O)N/N=C\c2cc(Br)ccc2O)c(C(C)C)cc1Cl. The van der Waals surface area contributed by atoms with E-state index in [-0.39, 0.29) is 18.3 Å². The molecule has 0 heterocycles. The van der Waals surface area contributed by atoms with E-state index in [4.69, 9.17) is 16.3 Å². The van der Waals surface area contributed by atoms with Gasteiger partial charge in [0.1, 0.15) is 11.5 Å². The molecule has 0 aliphatic rings. The van der Waals surface area contributed by atoms with Crippen molar-refractivity contribution in [3.05, 3.63) is 56.5 Å². The Morgan fingerprint density at radius 3 is 2.81 bits per heavy atom. The maximum Gasteiger partial charge on any atom is 0.277 e. The zero-order chi connectivity index (χ0) is 19.3. The molecule has 0 atom stereocenters. The number of hydrogen-bond acceptors (Lipinski definition) is 4. The normalized spacial score (nSPS) is 11.2. The van der Waals surface area contributed by atoms with E-state index in [1.54, 1.807) is 12.1 Å². The molecule has 0 unspecified atom stereocenters. The van der Waals surface area contributed by atoms with Gasteiger partial charge in [0.25, 0.3) is 5.91 Å². The summed E-state index contributed by atoms with van der Waals surface area (Å²) >= 11 is 9.47. The van der Waals surface area contributed by atoms with E-state index in [1.165, 1.54) is 12.3 Å². The topological polar surface area (TPSA) is 70.9 Å². The van der Waals surface area contributed by atoms with Gasteiger partial charge in [0.15, 0.2) is 6.61 Å². The maximum absolute atomic E-state index is 11.9. The molecule has 1 amide bonds. The van der Waals surface area contributed by atoms with E-state index < -0.39 is 5.91 Å². The number of nitrogens with one attached hydrogen (secondary N) is 1. The molecule has 0 fully saturated rings. The fourth-order valence-electron chi connectivity index (χ4n) is 2.22. The molecule has 0 radical (unpaired) electrons. The number of carbonyl (C=O) groups excluding carboxylic acids is 1. The average Bonchev–Trinajstić information content (AvgIpc) is 2.58. The van der Waals surface area contributed by atoms with E-state index in [0.29, 0.717) is 16.3 Å². The summed E-state index contributed by atoms with van der Waals surface area (Å²) < 4.78 is 6.44. The van der Waals surface area contributed by atoms with Gasteiger partial charge in [-0.15, -0.1) is 0 Å². The minimum absolute atomic E-state index is 0.0701. The van der Waals surface area contributed by atoms with Crippen molar-refractivity contribution < 1.29 is 14.6 Å². The molecule has 0 bridgehead atoms. The Balaban J connectivity index is 1.98. The Bertz CT molecular complexity index is 838. The highest BCUT2D eigenvalue weighted by molar-refractivity contribution is 9.10. The van der Waals surface area contributed by atoms with Gasteiger partial charge in [-0.1, -0.05) is 41.4 Å². The first-order valence-corrected chi connectivity index (χ1v) is 9.18. The van der Waals surface area contributed by atoms with Crippen LogP contribution < -0.4 is 10.2 Å². The average molecular weight is 440 g/mol. The summed E-state index contributed by atoms with van der Waals surface area (Å²) in [6.07, 6.45) is 1.37. The van der Waals surface area contributed by atoms with Crippen molar-refractivity contribution in [3.8, 4) is 11.5 Å². The molecule has 5 nitrogen and oxygen atoms in total. The van der Waals surface area contributed by atoms with Crippen LogP contribution in [0.3, 0.4) is 0 Å². The molecular weight excluding hydrogens is 420 g/mol. The van der Waals surface area contributed by atoms with Crippen molar-refractivity contribution in [3.63, 3.8) is 0 Å². The molecule has 2 rings (SSSR count). The first-order chi connectivity index (χ1) is 12.3. The number of carbonyl (C=O) groups is 1. The lowest BCUT2D eigenvalue weighted by Gasteiger charge is -2.15. The van der Waals surface area contributed by atoms with E-state index in [2.05, 4.69) is 26.5 Å². The standard InChI is InChI=1S/C19H20BrClN2O3/c1-11(2)15-8-16(21)12(3)6-18(15)26-10-19(25)23-22-9-13-7-14(20)4-5-17(13)24/h4-9,11,24H,10H2,1-3H3,(H,23,25)/b22-9-. The summed E-state index contributed by atoms with van der Waals surface area (Å²) in [7, 11) is 0. The summed E-state index contributed by atoms with van der Waals surface area (Å²) in [5.41, 5.74) is 4.68. The minimum Gasteiger partial charge on any atom is -0.507 e. The van der Waals surface area contributed by atoms with Gasteiger partial charge in [-0.25, -0.2) is 5.43 Å². The van der Waals surface area contributed by atoms with Gasteiger partial charge in [0.2, 0.25) is 0 Å². The van der Waals surface area contributed by atoms with Crippen LogP contribution in [0.5, 0.6) is 11.5 Å². The number of amides is 1. The Morgan fingerprint density at radius 1 is 1.38 bits per heavy atom. The highest BCUT2D eigenvalue weighted by Gasteiger charge is 2.12. The van der Waals surface area contributed by atoms with Gasteiger partial charge in [0, 0.05) is 15.1 Å². The predicted octanol–water partition coefficient (Wildman–Crippen LogP) is 4.77. The van der Waals surface area contributed by atoms with E-state index in [0.717, 1.165) is 15.6 Å². The Morgan fingerprint density at radius 2 is 2.12 bits per heavy atom. The molecule has 7 heteroatoms. The number of phenolic OH excluding ortho intramolecular Hbond substituents is 1. The molecule has 0 aliphatic heterocycles. The lowest BCUT2D eigenvalue weighted by molar-refractivity contribution is -0.123. The van der Waals surface area contributed by atoms with Crippen LogP contribution in [0.25, 0.3) is 0 Å². The molecule has 0 spiro atoms. The number of phenols is 1. The fourth-order valence-corrected chi connectivity index (χ4v) is 2.78. The second-order valence-electron chi connectivity index (χ2n) is 6.08. The van der Waals surface area contributed by atoms with E-state index in [9.17, 15) is 9.90 Å². The van der Waals surface area contributed by atoms with Crippen molar-refractivity contribution >= 4 is 39.7 Å². The molecule has 0 saturated heterocycles. The molecule has 138 valence electrons. The maximum atomic E-state index is 11.9. The molecule has 0 aromatic heterocycles. The summed E-state index contributed by atoms with van der Waals surface area (Å²) in [6.45, 7) is 5.77. The van der Waals surface area contributed by atoms with E-state index in [1.807, 2.05) is 32.9 Å². The number of hydrazone groups is 1. The Hall–Kier alpha value is -2.05. The van der Waals surface area contributed by atoms with Crippen LogP contribution in [0.15, 0.2) is 39.9 Å². The number of rotatable bonds is 6. The lowest BCUT2D eigenvalue weighted by Crippen LogP contribution is -2.25. The number of aromatic hydroxyl groups is 1. The molecule has 0 aliphatic carbocycles. The van der Waals surface area contributed by atoms with Crippen LogP contribution in [0.2, 0.25) is 5.02 Å². The highest BCUT2D eigenvalue weighted by Crippen LogP contribution is 2.31. The van der Waals surface area contributed by atoms with Crippen molar-refractivity contribution in [2.45, 2.75) is 26.7 Å². The second-order valence-corrected chi connectivity index (χ2v) is 7.40. The smallest absolute Gasteiger partial charge is 0.277 e. The highest BCUT2D eigenvalue weighted by atomic mass is 79.9. The summed E-state index contributed by atoms with van der Waals surface area (Å²) in [5, 5.41) is 14.2. The number of ether oxygens (including phenoxy) is 1. The van der Waals surface area contributed by atoms with Crippen LogP contribution in [0.1, 0.15) is 36.5 Å². The monoisotopic (exact) mass is 438 g/mol. The molecule has 2 aromatic rings. The minimum atomic E-state index is -0.405. The summed E-state index contributed by atoms with van der Waals surface area (Å²) in [5.74, 6) is 0.507. The summed E-state index contributed by atoms with van der Waals surface area (Å²) in [4.78, 5) is 11.9. The first kappa shape index (κ1) is 20.3. The van der Waals surface area contributed by atoms with Crippen molar-refractivity contribution in [2.24, 2.45) is 5.10 Å². The van der Waals surface area contributed by atoms with Crippen molar-refractivity contribution in [2.75, 3.05) is 6.61 Å². The van der Waals surface area contributed by atoms with Gasteiger partial charge >= 0.3 is 0 Å². The summed E-state index contributed by atoms with van der Waals surface area (Å²) in [6, 6.07) is 8.62. The Labute approximate surface area is 166 Å². The lowest BCUT2D eigenvalue weighted by atomic mass is 10.0. The third kappa shape index (κ3) is 5.47. The van der Waals surface area contributed by atoms with E-state index >= 15 is 0 Å². The van der Waals surface area contributed by atoms with Crippen LogP contribution >= 0.6 is 27.5 Å². The number of benzene rings is 2. The quantitative estimate of drug-likeness (QED) is 0.503. The second kappa shape index (κ2) is 9.05. The molecule has 2 N–H and O–H groups in total. The predicted molar refractivity (Wildman–Crippen MR) is 107 cm³/mol. The first-order valence-electron chi connectivity index (χ1n) is 8.01. The number of aryl methyl sites for hydroxylation is 1.